The van der Waals surface area contributed by atoms with Crippen molar-refractivity contribution in [2.75, 3.05) is 0 Å². The van der Waals surface area contributed by atoms with E-state index in [1.165, 1.54) is 0 Å². The zero-order valence-corrected chi connectivity index (χ0v) is 16.6. The maximum atomic E-state index is 12.9. The van der Waals surface area contributed by atoms with Crippen molar-refractivity contribution in [3.8, 4) is 0 Å². The predicted octanol–water partition coefficient (Wildman–Crippen LogP) is 5.02. The standard InChI is InChI=1S/C24H26O4/c1-15(13-21(25)26)7-6-12-24(2,3)16-10-11-19-20(14-16)23(28)18-9-5-4-8-17(18)22(19)27/h4-5,8-11,14-15H,6-7,12-13H2,1-3H3,(H,25,26). The van der Waals surface area contributed by atoms with E-state index in [0.717, 1.165) is 24.8 Å². The number of rotatable bonds is 7. The Morgan fingerprint density at radius 1 is 0.964 bits per heavy atom. The van der Waals surface area contributed by atoms with Gasteiger partial charge in [-0.05, 0) is 35.4 Å². The Balaban J connectivity index is 1.80. The van der Waals surface area contributed by atoms with E-state index in [4.69, 9.17) is 5.11 Å². The quantitative estimate of drug-likeness (QED) is 0.626. The first-order valence-corrected chi connectivity index (χ1v) is 9.75. The van der Waals surface area contributed by atoms with E-state index < -0.39 is 5.97 Å². The van der Waals surface area contributed by atoms with Gasteiger partial charge in [0.25, 0.3) is 0 Å². The molecule has 1 aliphatic rings. The van der Waals surface area contributed by atoms with Gasteiger partial charge in [0.1, 0.15) is 0 Å². The summed E-state index contributed by atoms with van der Waals surface area (Å²) in [6.45, 7) is 6.21. The molecular formula is C24H26O4. The molecule has 0 aromatic heterocycles. The molecule has 1 N–H and O–H groups in total. The minimum atomic E-state index is -0.759. The average molecular weight is 378 g/mol. The number of carboxylic acids is 1. The van der Waals surface area contributed by atoms with Crippen LogP contribution in [-0.2, 0) is 10.2 Å². The van der Waals surface area contributed by atoms with E-state index in [9.17, 15) is 14.4 Å². The van der Waals surface area contributed by atoms with Crippen molar-refractivity contribution in [1.29, 1.82) is 0 Å². The maximum absolute atomic E-state index is 12.9. The smallest absolute Gasteiger partial charge is 0.303 e. The van der Waals surface area contributed by atoms with Crippen LogP contribution in [0.25, 0.3) is 0 Å². The Morgan fingerprint density at radius 3 is 2.14 bits per heavy atom. The van der Waals surface area contributed by atoms with E-state index in [1.807, 2.05) is 19.1 Å². The summed E-state index contributed by atoms with van der Waals surface area (Å²) in [5.41, 5.74) is 2.75. The van der Waals surface area contributed by atoms with Crippen LogP contribution < -0.4 is 0 Å². The Kier molecular flexibility index (Phi) is 5.50. The topological polar surface area (TPSA) is 71.4 Å². The van der Waals surface area contributed by atoms with Crippen molar-refractivity contribution < 1.29 is 19.5 Å². The molecule has 0 heterocycles. The summed E-state index contributed by atoms with van der Waals surface area (Å²) in [6.07, 6.45) is 2.84. The van der Waals surface area contributed by atoms with Crippen LogP contribution in [0.4, 0.5) is 0 Å². The van der Waals surface area contributed by atoms with Crippen LogP contribution in [0.3, 0.4) is 0 Å². The Labute approximate surface area is 165 Å². The molecule has 0 spiro atoms. The van der Waals surface area contributed by atoms with Crippen molar-refractivity contribution in [2.24, 2.45) is 5.92 Å². The SMILES string of the molecule is CC(CCCC(C)(C)c1ccc2c(c1)C(=O)c1ccccc1C2=O)CC(=O)O. The number of benzene rings is 2. The largest absolute Gasteiger partial charge is 0.481 e. The van der Waals surface area contributed by atoms with Crippen molar-refractivity contribution in [3.63, 3.8) is 0 Å². The van der Waals surface area contributed by atoms with Gasteiger partial charge >= 0.3 is 5.97 Å². The van der Waals surface area contributed by atoms with Crippen LogP contribution in [0.2, 0.25) is 0 Å². The van der Waals surface area contributed by atoms with Gasteiger partial charge in [0, 0.05) is 28.7 Å². The highest BCUT2D eigenvalue weighted by Crippen LogP contribution is 2.34. The van der Waals surface area contributed by atoms with Gasteiger partial charge in [-0.2, -0.15) is 0 Å². The summed E-state index contributed by atoms with van der Waals surface area (Å²) >= 11 is 0. The first-order valence-electron chi connectivity index (χ1n) is 9.75. The van der Waals surface area contributed by atoms with Gasteiger partial charge in [-0.15, -0.1) is 0 Å². The number of ketones is 2. The van der Waals surface area contributed by atoms with Crippen LogP contribution in [0.15, 0.2) is 42.5 Å². The van der Waals surface area contributed by atoms with Crippen molar-refractivity contribution in [2.45, 2.75) is 51.9 Å². The zero-order valence-electron chi connectivity index (χ0n) is 16.6. The number of aliphatic carboxylic acids is 1. The molecular weight excluding hydrogens is 352 g/mol. The molecule has 1 aliphatic carbocycles. The second kappa shape index (κ2) is 7.70. The minimum Gasteiger partial charge on any atom is -0.481 e. The van der Waals surface area contributed by atoms with Crippen LogP contribution in [0.1, 0.15) is 83.9 Å². The lowest BCUT2D eigenvalue weighted by molar-refractivity contribution is -0.138. The van der Waals surface area contributed by atoms with Crippen LogP contribution in [-0.4, -0.2) is 22.6 Å². The van der Waals surface area contributed by atoms with Gasteiger partial charge in [0.2, 0.25) is 0 Å². The molecule has 0 bridgehead atoms. The van der Waals surface area contributed by atoms with E-state index in [1.54, 1.807) is 30.3 Å². The summed E-state index contributed by atoms with van der Waals surface area (Å²) in [6, 6.07) is 12.5. The molecule has 0 fully saturated rings. The Hall–Kier alpha value is -2.75. The summed E-state index contributed by atoms with van der Waals surface area (Å²) in [5.74, 6) is -0.813. The minimum absolute atomic E-state index is 0.0991. The number of carboxylic acid groups (broad SMARTS) is 1. The summed E-state index contributed by atoms with van der Waals surface area (Å²) in [5, 5.41) is 8.89. The molecule has 4 heteroatoms. The fourth-order valence-electron chi connectivity index (χ4n) is 3.96. The van der Waals surface area contributed by atoms with Gasteiger partial charge in [0.05, 0.1) is 0 Å². The molecule has 0 saturated carbocycles. The fourth-order valence-corrected chi connectivity index (χ4v) is 3.96. The highest BCUT2D eigenvalue weighted by molar-refractivity contribution is 6.28. The van der Waals surface area contributed by atoms with Crippen molar-refractivity contribution >= 4 is 17.5 Å². The number of hydrogen-bond acceptors (Lipinski definition) is 3. The predicted molar refractivity (Wildman–Crippen MR) is 108 cm³/mol. The lowest BCUT2D eigenvalue weighted by atomic mass is 9.76. The van der Waals surface area contributed by atoms with Gasteiger partial charge < -0.3 is 5.11 Å². The highest BCUT2D eigenvalue weighted by Gasteiger charge is 2.31. The van der Waals surface area contributed by atoms with Crippen molar-refractivity contribution in [1.82, 2.24) is 0 Å². The number of carbonyl (C=O) groups excluding carboxylic acids is 2. The monoisotopic (exact) mass is 378 g/mol. The van der Waals surface area contributed by atoms with E-state index in [2.05, 4.69) is 13.8 Å². The molecule has 3 rings (SSSR count). The van der Waals surface area contributed by atoms with E-state index in [0.29, 0.717) is 22.3 Å². The summed E-state index contributed by atoms with van der Waals surface area (Å²) < 4.78 is 0. The molecule has 146 valence electrons. The third-order valence-electron chi connectivity index (χ3n) is 5.73. The molecule has 2 aromatic rings. The molecule has 1 unspecified atom stereocenters. The van der Waals surface area contributed by atoms with Gasteiger partial charge in [-0.3, -0.25) is 14.4 Å². The average Bonchev–Trinajstić information content (AvgIpc) is 2.65. The second-order valence-corrected chi connectivity index (χ2v) is 8.44. The van der Waals surface area contributed by atoms with E-state index in [-0.39, 0.29) is 29.3 Å². The molecule has 1 atom stereocenters. The van der Waals surface area contributed by atoms with Gasteiger partial charge in [-0.1, -0.05) is 63.9 Å². The second-order valence-electron chi connectivity index (χ2n) is 8.44. The normalized spacial score (nSPS) is 14.4. The summed E-state index contributed by atoms with van der Waals surface area (Å²) in [4.78, 5) is 36.5. The molecule has 0 radical (unpaired) electrons. The third-order valence-corrected chi connectivity index (χ3v) is 5.73. The molecule has 0 saturated heterocycles. The lowest BCUT2D eigenvalue weighted by Gasteiger charge is -2.28. The molecule has 28 heavy (non-hydrogen) atoms. The number of hydrogen-bond donors (Lipinski definition) is 1. The van der Waals surface area contributed by atoms with Crippen LogP contribution in [0, 0.1) is 5.92 Å². The Morgan fingerprint density at radius 2 is 1.54 bits per heavy atom. The van der Waals surface area contributed by atoms with Gasteiger partial charge in [-0.25, -0.2) is 0 Å². The number of carbonyl (C=O) groups is 3. The van der Waals surface area contributed by atoms with Crippen LogP contribution in [0.5, 0.6) is 0 Å². The fraction of sp³-hybridized carbons (Fsp3) is 0.375. The molecule has 4 nitrogen and oxygen atoms in total. The first-order chi connectivity index (χ1) is 13.2. The molecule has 0 amide bonds. The molecule has 0 aliphatic heterocycles. The highest BCUT2D eigenvalue weighted by atomic mass is 16.4. The van der Waals surface area contributed by atoms with Gasteiger partial charge in [0.15, 0.2) is 11.6 Å². The van der Waals surface area contributed by atoms with Crippen molar-refractivity contribution in [3.05, 3.63) is 70.3 Å². The van der Waals surface area contributed by atoms with Crippen LogP contribution >= 0.6 is 0 Å². The number of fused-ring (bicyclic) bond motifs is 2. The third kappa shape index (κ3) is 3.91. The first kappa shape index (κ1) is 20.0. The van der Waals surface area contributed by atoms with E-state index >= 15 is 0 Å². The zero-order chi connectivity index (χ0) is 20.5. The Bertz CT molecular complexity index is 939. The lowest BCUT2D eigenvalue weighted by Crippen LogP contribution is -2.23. The molecule has 2 aromatic carbocycles. The maximum Gasteiger partial charge on any atom is 0.303 e. The summed E-state index contributed by atoms with van der Waals surface area (Å²) in [7, 11) is 0.